The largest absolute Gasteiger partial charge is 0.508 e. The quantitative estimate of drug-likeness (QED) is 0.241. The number of hydrogen-bond donors (Lipinski definition) is 1. The standard InChI is InChI=1S/C30H35F2NO3Si/c1-30(2,3)37(4,5)36-27(20-6-10-22(31)11-7-20)19-18-26-28(21-8-16-25(34)17-9-21)33(29(26)35)24-14-12-23(32)13-15-24/h6-17,26-28,34H,18-19H2,1-5H3/t26-,27-,28-/m1/s1. The third-order valence-corrected chi connectivity index (χ3v) is 12.3. The van der Waals surface area contributed by atoms with Gasteiger partial charge in [-0.2, -0.15) is 0 Å². The van der Waals surface area contributed by atoms with Gasteiger partial charge in [0, 0.05) is 5.69 Å². The SMILES string of the molecule is CC(C)(C)[Si](C)(C)O[C@H](CC[C@H]1C(=O)N(c2ccc(F)cc2)[C@@H]1c1ccc(O)cc1)c1ccc(F)cc1. The van der Waals surface area contributed by atoms with E-state index in [0.29, 0.717) is 18.5 Å². The van der Waals surface area contributed by atoms with Gasteiger partial charge in [0.2, 0.25) is 5.91 Å². The van der Waals surface area contributed by atoms with Crippen LogP contribution in [0.2, 0.25) is 18.1 Å². The topological polar surface area (TPSA) is 49.8 Å². The van der Waals surface area contributed by atoms with Gasteiger partial charge in [-0.25, -0.2) is 8.78 Å². The van der Waals surface area contributed by atoms with Crippen LogP contribution in [0, 0.1) is 17.6 Å². The minimum absolute atomic E-state index is 0.00841. The van der Waals surface area contributed by atoms with Crippen molar-refractivity contribution in [2.24, 2.45) is 5.92 Å². The summed E-state index contributed by atoms with van der Waals surface area (Å²) in [6, 6.07) is 18.9. The van der Waals surface area contributed by atoms with Crippen molar-refractivity contribution in [3.8, 4) is 5.75 Å². The van der Waals surface area contributed by atoms with E-state index in [1.165, 1.54) is 24.3 Å². The maximum absolute atomic E-state index is 13.7. The fraction of sp³-hybridized carbons (Fsp3) is 0.367. The molecule has 7 heteroatoms. The first kappa shape index (κ1) is 27.0. The van der Waals surface area contributed by atoms with Crippen LogP contribution >= 0.6 is 0 Å². The fourth-order valence-corrected chi connectivity index (χ4v) is 5.93. The molecule has 0 bridgehead atoms. The molecular formula is C30H35F2NO3Si. The van der Waals surface area contributed by atoms with Crippen LogP contribution in [0.15, 0.2) is 72.8 Å². The van der Waals surface area contributed by atoms with Gasteiger partial charge in [-0.1, -0.05) is 45.0 Å². The summed E-state index contributed by atoms with van der Waals surface area (Å²) < 4.78 is 34.0. The highest BCUT2D eigenvalue weighted by molar-refractivity contribution is 6.74. The lowest BCUT2D eigenvalue weighted by Gasteiger charge is -2.48. The van der Waals surface area contributed by atoms with Gasteiger partial charge in [0.05, 0.1) is 18.1 Å². The van der Waals surface area contributed by atoms with Crippen molar-refractivity contribution >= 4 is 19.9 Å². The Morgan fingerprint density at radius 2 is 1.46 bits per heavy atom. The zero-order valence-electron chi connectivity index (χ0n) is 22.0. The third kappa shape index (κ3) is 5.78. The molecule has 4 nitrogen and oxygen atoms in total. The molecule has 1 fully saturated rings. The third-order valence-electron chi connectivity index (χ3n) is 7.78. The minimum atomic E-state index is -2.16. The molecule has 1 heterocycles. The van der Waals surface area contributed by atoms with Crippen molar-refractivity contribution in [2.75, 3.05) is 4.90 Å². The first-order chi connectivity index (χ1) is 17.4. The maximum atomic E-state index is 13.7. The van der Waals surface area contributed by atoms with Crippen LogP contribution in [0.1, 0.15) is 56.9 Å². The first-order valence-corrected chi connectivity index (χ1v) is 15.6. The summed E-state index contributed by atoms with van der Waals surface area (Å²) >= 11 is 0. The molecule has 0 saturated carbocycles. The van der Waals surface area contributed by atoms with Crippen LogP contribution in [-0.4, -0.2) is 19.3 Å². The van der Waals surface area contributed by atoms with Gasteiger partial charge < -0.3 is 14.4 Å². The van der Waals surface area contributed by atoms with Crippen molar-refractivity contribution in [3.05, 3.63) is 95.6 Å². The molecule has 0 aromatic heterocycles. The predicted molar refractivity (Wildman–Crippen MR) is 145 cm³/mol. The van der Waals surface area contributed by atoms with Crippen molar-refractivity contribution in [1.82, 2.24) is 0 Å². The molecule has 0 unspecified atom stereocenters. The van der Waals surface area contributed by atoms with Crippen LogP contribution < -0.4 is 4.90 Å². The molecule has 1 aliphatic rings. The lowest BCUT2D eigenvalue weighted by molar-refractivity contribution is -0.131. The summed E-state index contributed by atoms with van der Waals surface area (Å²) in [6.45, 7) is 10.9. The second-order valence-corrected chi connectivity index (χ2v) is 16.1. The van der Waals surface area contributed by atoms with Crippen LogP contribution in [0.5, 0.6) is 5.75 Å². The first-order valence-electron chi connectivity index (χ1n) is 12.7. The minimum Gasteiger partial charge on any atom is -0.508 e. The van der Waals surface area contributed by atoms with Gasteiger partial charge in [-0.05, 0) is 90.6 Å². The summed E-state index contributed by atoms with van der Waals surface area (Å²) in [5, 5.41) is 9.79. The molecule has 0 aliphatic carbocycles. The summed E-state index contributed by atoms with van der Waals surface area (Å²) in [5.74, 6) is -0.848. The molecule has 37 heavy (non-hydrogen) atoms. The molecular weight excluding hydrogens is 488 g/mol. The number of phenols is 1. The number of phenolic OH excluding ortho intramolecular Hbond substituents is 1. The number of benzene rings is 3. The Morgan fingerprint density at radius 1 is 0.919 bits per heavy atom. The lowest BCUT2D eigenvalue weighted by Crippen LogP contribution is -2.55. The Morgan fingerprint density at radius 3 is 2.00 bits per heavy atom. The van der Waals surface area contributed by atoms with E-state index in [2.05, 4.69) is 33.9 Å². The van der Waals surface area contributed by atoms with Gasteiger partial charge >= 0.3 is 0 Å². The van der Waals surface area contributed by atoms with Gasteiger partial charge in [0.15, 0.2) is 8.32 Å². The Bertz CT molecular complexity index is 1220. The lowest BCUT2D eigenvalue weighted by atomic mass is 9.78. The highest BCUT2D eigenvalue weighted by Gasteiger charge is 2.49. The second kappa shape index (κ2) is 10.4. The Balaban J connectivity index is 1.61. The second-order valence-electron chi connectivity index (χ2n) is 11.3. The Hall–Kier alpha value is -3.03. The molecule has 1 saturated heterocycles. The molecule has 1 amide bonds. The van der Waals surface area contributed by atoms with Gasteiger partial charge in [0.25, 0.3) is 0 Å². The number of amides is 1. The molecule has 3 atom stereocenters. The van der Waals surface area contributed by atoms with E-state index in [9.17, 15) is 18.7 Å². The zero-order chi connectivity index (χ0) is 27.0. The van der Waals surface area contributed by atoms with E-state index in [-0.39, 0.29) is 46.4 Å². The van der Waals surface area contributed by atoms with Crippen LogP contribution in [0.25, 0.3) is 0 Å². The van der Waals surface area contributed by atoms with Crippen LogP contribution in [-0.2, 0) is 9.22 Å². The van der Waals surface area contributed by atoms with Crippen molar-refractivity contribution < 1.29 is 23.1 Å². The number of nitrogens with zero attached hydrogens (tertiary/aromatic N) is 1. The predicted octanol–water partition coefficient (Wildman–Crippen LogP) is 7.92. The van der Waals surface area contributed by atoms with E-state index >= 15 is 0 Å². The van der Waals surface area contributed by atoms with Crippen LogP contribution in [0.3, 0.4) is 0 Å². The van der Waals surface area contributed by atoms with Crippen molar-refractivity contribution in [2.45, 2.75) is 63.9 Å². The number of β-lactam (4-membered cyclic amide) rings is 1. The van der Waals surface area contributed by atoms with E-state index < -0.39 is 8.32 Å². The van der Waals surface area contributed by atoms with Crippen LogP contribution in [0.4, 0.5) is 14.5 Å². The molecule has 196 valence electrons. The highest BCUT2D eigenvalue weighted by atomic mass is 28.4. The average molecular weight is 524 g/mol. The Kier molecular flexibility index (Phi) is 7.58. The number of anilines is 1. The summed E-state index contributed by atoms with van der Waals surface area (Å²) in [6.07, 6.45) is 0.897. The molecule has 0 radical (unpaired) electrons. The normalized spacial score (nSPS) is 19.0. The molecule has 1 aliphatic heterocycles. The van der Waals surface area contributed by atoms with E-state index in [1.54, 1.807) is 41.3 Å². The molecule has 4 rings (SSSR count). The van der Waals surface area contributed by atoms with E-state index in [4.69, 9.17) is 4.43 Å². The van der Waals surface area contributed by atoms with Crippen molar-refractivity contribution in [1.29, 1.82) is 0 Å². The summed E-state index contributed by atoms with van der Waals surface area (Å²) in [4.78, 5) is 15.1. The highest BCUT2D eigenvalue weighted by Crippen LogP contribution is 2.48. The summed E-state index contributed by atoms with van der Waals surface area (Å²) in [5.41, 5.74) is 2.43. The molecule has 3 aromatic carbocycles. The smallest absolute Gasteiger partial charge is 0.233 e. The maximum Gasteiger partial charge on any atom is 0.233 e. The van der Waals surface area contributed by atoms with E-state index in [1.807, 2.05) is 12.1 Å². The average Bonchev–Trinajstić information content (AvgIpc) is 2.83. The van der Waals surface area contributed by atoms with Crippen molar-refractivity contribution in [3.63, 3.8) is 0 Å². The number of aromatic hydroxyl groups is 1. The summed E-state index contributed by atoms with van der Waals surface area (Å²) in [7, 11) is -2.16. The van der Waals surface area contributed by atoms with E-state index in [0.717, 1.165) is 11.1 Å². The number of rotatable bonds is 8. The number of hydrogen-bond acceptors (Lipinski definition) is 3. The number of halogens is 2. The van der Waals surface area contributed by atoms with Gasteiger partial charge in [-0.15, -0.1) is 0 Å². The monoisotopic (exact) mass is 523 g/mol. The fourth-order valence-electron chi connectivity index (χ4n) is 4.61. The zero-order valence-corrected chi connectivity index (χ0v) is 23.0. The number of carbonyl (C=O) groups is 1. The van der Waals surface area contributed by atoms with Gasteiger partial charge in [0.1, 0.15) is 17.4 Å². The number of carbonyl (C=O) groups excluding carboxylic acids is 1. The molecule has 0 spiro atoms. The Labute approximate surface area is 219 Å². The molecule has 1 N–H and O–H groups in total. The van der Waals surface area contributed by atoms with Gasteiger partial charge in [-0.3, -0.25) is 4.79 Å². The molecule has 3 aromatic rings.